The van der Waals surface area contributed by atoms with E-state index in [-0.39, 0.29) is 5.69 Å². The maximum atomic E-state index is 15.0. The molecule has 35 heavy (non-hydrogen) atoms. The lowest BCUT2D eigenvalue weighted by atomic mass is 9.98. The number of amides is 1. The summed E-state index contributed by atoms with van der Waals surface area (Å²) in [5.74, 6) is -3.26. The number of rotatable bonds is 6. The number of halogens is 4. The highest BCUT2D eigenvalue weighted by Gasteiger charge is 2.50. The van der Waals surface area contributed by atoms with Gasteiger partial charge in [0.1, 0.15) is 5.82 Å². The SMILES string of the molecule is O=C1OC(CO)C(OC(=O)C(F)(F)F)N1c1ccc(C2=CCN(Cc3ccccc3)CC2)c(F)c1. The van der Waals surface area contributed by atoms with E-state index in [9.17, 15) is 27.9 Å². The highest BCUT2D eigenvalue weighted by atomic mass is 19.4. The van der Waals surface area contributed by atoms with Crippen molar-refractivity contribution in [1.29, 1.82) is 0 Å². The molecule has 1 amide bonds. The molecule has 1 N–H and O–H groups in total. The van der Waals surface area contributed by atoms with Gasteiger partial charge in [0.05, 0.1) is 12.3 Å². The van der Waals surface area contributed by atoms with Crippen molar-refractivity contribution in [3.05, 3.63) is 71.6 Å². The summed E-state index contributed by atoms with van der Waals surface area (Å²) in [7, 11) is 0. The molecule has 0 radical (unpaired) electrons. The number of carbonyl (C=O) groups excluding carboxylic acids is 2. The number of aliphatic hydroxyl groups excluding tert-OH is 1. The average Bonchev–Trinajstić information content (AvgIpc) is 3.14. The third-order valence-electron chi connectivity index (χ3n) is 5.78. The zero-order valence-corrected chi connectivity index (χ0v) is 18.4. The fourth-order valence-electron chi connectivity index (χ4n) is 4.05. The Morgan fingerprint density at radius 2 is 1.91 bits per heavy atom. The fraction of sp³-hybridized carbons (Fsp3) is 0.333. The second-order valence-corrected chi connectivity index (χ2v) is 8.13. The van der Waals surface area contributed by atoms with Gasteiger partial charge in [-0.05, 0) is 35.8 Å². The number of aliphatic hydroxyl groups is 1. The minimum Gasteiger partial charge on any atom is -0.437 e. The Labute approximate surface area is 198 Å². The largest absolute Gasteiger partial charge is 0.491 e. The van der Waals surface area contributed by atoms with Crippen LogP contribution in [0.1, 0.15) is 17.5 Å². The van der Waals surface area contributed by atoms with E-state index in [0.717, 1.165) is 18.2 Å². The minimum atomic E-state index is -5.33. The number of hydrogen-bond donors (Lipinski definition) is 1. The summed E-state index contributed by atoms with van der Waals surface area (Å²) in [4.78, 5) is 26.4. The van der Waals surface area contributed by atoms with E-state index in [1.54, 1.807) is 0 Å². The van der Waals surface area contributed by atoms with Crippen molar-refractivity contribution in [3.8, 4) is 0 Å². The van der Waals surface area contributed by atoms with Gasteiger partial charge >= 0.3 is 18.2 Å². The molecule has 0 saturated carbocycles. The van der Waals surface area contributed by atoms with Crippen molar-refractivity contribution in [3.63, 3.8) is 0 Å². The van der Waals surface area contributed by atoms with E-state index in [0.29, 0.717) is 30.0 Å². The maximum absolute atomic E-state index is 15.0. The monoisotopic (exact) mass is 494 g/mol. The van der Waals surface area contributed by atoms with Crippen LogP contribution >= 0.6 is 0 Å². The molecule has 2 atom stereocenters. The van der Waals surface area contributed by atoms with Gasteiger partial charge in [-0.2, -0.15) is 13.2 Å². The van der Waals surface area contributed by atoms with Gasteiger partial charge in [-0.3, -0.25) is 4.90 Å². The number of carbonyl (C=O) groups is 2. The molecular weight excluding hydrogens is 472 g/mol. The van der Waals surface area contributed by atoms with E-state index < -0.39 is 43.0 Å². The van der Waals surface area contributed by atoms with Gasteiger partial charge in [0.25, 0.3) is 0 Å². The lowest BCUT2D eigenvalue weighted by Gasteiger charge is -2.27. The first-order valence-electron chi connectivity index (χ1n) is 10.8. The molecule has 1 saturated heterocycles. The number of esters is 1. The highest BCUT2D eigenvalue weighted by molar-refractivity contribution is 5.91. The lowest BCUT2D eigenvalue weighted by molar-refractivity contribution is -0.207. The van der Waals surface area contributed by atoms with Crippen LogP contribution in [0.5, 0.6) is 0 Å². The molecule has 7 nitrogen and oxygen atoms in total. The van der Waals surface area contributed by atoms with Crippen LogP contribution in [-0.4, -0.2) is 60.3 Å². The van der Waals surface area contributed by atoms with Crippen LogP contribution in [0.3, 0.4) is 0 Å². The van der Waals surface area contributed by atoms with Crippen LogP contribution < -0.4 is 4.90 Å². The molecule has 4 rings (SSSR count). The number of benzene rings is 2. The molecule has 0 aromatic heterocycles. The van der Waals surface area contributed by atoms with Crippen LogP contribution in [-0.2, 0) is 20.8 Å². The number of nitrogens with zero attached hydrogens (tertiary/aromatic N) is 2. The highest BCUT2D eigenvalue weighted by Crippen LogP contribution is 2.33. The van der Waals surface area contributed by atoms with Crippen LogP contribution in [0.15, 0.2) is 54.6 Å². The molecule has 2 aliphatic heterocycles. The second-order valence-electron chi connectivity index (χ2n) is 8.13. The zero-order chi connectivity index (χ0) is 25.2. The Morgan fingerprint density at radius 1 is 1.17 bits per heavy atom. The van der Waals surface area contributed by atoms with Gasteiger partial charge in [-0.1, -0.05) is 36.4 Å². The quantitative estimate of drug-likeness (QED) is 0.486. The van der Waals surface area contributed by atoms with Crippen molar-refractivity contribution in [2.45, 2.75) is 31.5 Å². The summed E-state index contributed by atoms with van der Waals surface area (Å²) in [5.41, 5.74) is 2.05. The molecule has 0 bridgehead atoms. The fourth-order valence-corrected chi connectivity index (χ4v) is 4.05. The van der Waals surface area contributed by atoms with E-state index in [1.165, 1.54) is 17.7 Å². The summed E-state index contributed by atoms with van der Waals surface area (Å²) in [6.45, 7) is 1.17. The van der Waals surface area contributed by atoms with Gasteiger partial charge in [0.2, 0.25) is 6.23 Å². The summed E-state index contributed by atoms with van der Waals surface area (Å²) >= 11 is 0. The summed E-state index contributed by atoms with van der Waals surface area (Å²) in [6.07, 6.45) is -7.49. The predicted molar refractivity (Wildman–Crippen MR) is 116 cm³/mol. The topological polar surface area (TPSA) is 79.3 Å². The standard InChI is InChI=1S/C24H22F4N2O5/c25-19-12-17(30-21(20(14-31)34-23(30)33)35-22(32)24(26,27)28)6-7-18(19)16-8-10-29(11-9-16)13-15-4-2-1-3-5-15/h1-8,12,20-21,31H,9-11,13-14H2. The summed E-state index contributed by atoms with van der Waals surface area (Å²) in [5, 5.41) is 9.36. The van der Waals surface area contributed by atoms with Crippen molar-refractivity contribution >= 4 is 23.3 Å². The third-order valence-corrected chi connectivity index (χ3v) is 5.78. The Balaban J connectivity index is 1.51. The van der Waals surface area contributed by atoms with Crippen LogP contribution in [0.25, 0.3) is 5.57 Å². The van der Waals surface area contributed by atoms with Crippen LogP contribution in [0, 0.1) is 5.82 Å². The molecule has 1 fully saturated rings. The molecule has 0 aliphatic carbocycles. The smallest absolute Gasteiger partial charge is 0.437 e. The van der Waals surface area contributed by atoms with Crippen molar-refractivity contribution < 1.29 is 41.7 Å². The van der Waals surface area contributed by atoms with Gasteiger partial charge in [-0.15, -0.1) is 0 Å². The first kappa shape index (κ1) is 24.7. The number of hydrogen-bond acceptors (Lipinski definition) is 6. The van der Waals surface area contributed by atoms with Crippen LogP contribution in [0.4, 0.5) is 28.0 Å². The Bertz CT molecular complexity index is 1120. The van der Waals surface area contributed by atoms with Crippen molar-refractivity contribution in [2.75, 3.05) is 24.6 Å². The van der Waals surface area contributed by atoms with Gasteiger partial charge in [0, 0.05) is 25.2 Å². The van der Waals surface area contributed by atoms with Crippen molar-refractivity contribution in [1.82, 2.24) is 4.90 Å². The lowest BCUT2D eigenvalue weighted by Crippen LogP contribution is -2.44. The van der Waals surface area contributed by atoms with Crippen molar-refractivity contribution in [2.24, 2.45) is 0 Å². The molecule has 186 valence electrons. The van der Waals surface area contributed by atoms with Gasteiger partial charge in [-0.25, -0.2) is 18.9 Å². The molecule has 2 heterocycles. The number of ether oxygens (including phenoxy) is 2. The molecule has 2 aromatic rings. The first-order valence-corrected chi connectivity index (χ1v) is 10.8. The average molecular weight is 494 g/mol. The first-order chi connectivity index (χ1) is 16.7. The normalized spacial score (nSPS) is 21.0. The number of cyclic esters (lactones) is 1. The number of anilines is 1. The van der Waals surface area contributed by atoms with E-state index in [1.807, 2.05) is 36.4 Å². The second kappa shape index (κ2) is 10.0. The molecule has 2 aromatic carbocycles. The zero-order valence-electron chi connectivity index (χ0n) is 18.4. The van der Waals surface area contributed by atoms with E-state index in [2.05, 4.69) is 9.64 Å². The predicted octanol–water partition coefficient (Wildman–Crippen LogP) is 3.86. The van der Waals surface area contributed by atoms with E-state index in [4.69, 9.17) is 4.74 Å². The Kier molecular flexibility index (Phi) is 7.08. The molecule has 0 spiro atoms. The molecule has 2 unspecified atom stereocenters. The number of alkyl halides is 3. The van der Waals surface area contributed by atoms with E-state index >= 15 is 4.39 Å². The summed E-state index contributed by atoms with van der Waals surface area (Å²) < 4.78 is 62.3. The Hall–Kier alpha value is -3.44. The molecule has 11 heteroatoms. The molecule has 2 aliphatic rings. The van der Waals surface area contributed by atoms with Gasteiger partial charge in [0.15, 0.2) is 6.10 Å². The van der Waals surface area contributed by atoms with Gasteiger partial charge < -0.3 is 14.6 Å². The maximum Gasteiger partial charge on any atom is 0.491 e. The minimum absolute atomic E-state index is 0.172. The third kappa shape index (κ3) is 5.46. The van der Waals surface area contributed by atoms with Crippen LogP contribution in [0.2, 0.25) is 0 Å². The summed E-state index contributed by atoms with van der Waals surface area (Å²) in [6, 6.07) is 13.6. The Morgan fingerprint density at radius 3 is 2.51 bits per heavy atom. The molecular formula is C24H22F4N2O5.